The summed E-state index contributed by atoms with van der Waals surface area (Å²) < 4.78 is 0. The predicted octanol–water partition coefficient (Wildman–Crippen LogP) is 4.17. The van der Waals surface area contributed by atoms with Crippen LogP contribution in [-0.2, 0) is 0 Å². The molecule has 2 aromatic rings. The minimum absolute atomic E-state index is 0.0334. The smallest absolute Gasteiger partial charge is 0.285 e. The van der Waals surface area contributed by atoms with Gasteiger partial charge in [0.1, 0.15) is 0 Å². The number of hydrogen-bond donors (Lipinski definition) is 1. The maximum Gasteiger partial charge on any atom is 0.285 e. The molecular weight excluding hydrogens is 334 g/mol. The first-order valence-corrected chi connectivity index (χ1v) is 8.84. The van der Waals surface area contributed by atoms with Crippen molar-refractivity contribution >= 4 is 34.3 Å². The van der Waals surface area contributed by atoms with Gasteiger partial charge in [-0.1, -0.05) is 0 Å². The topological polar surface area (TPSA) is 52.7 Å². The first-order valence-electron chi connectivity index (χ1n) is 8.02. The summed E-state index contributed by atoms with van der Waals surface area (Å²) in [6.07, 6.45) is 0. The Kier molecular flexibility index (Phi) is 6.47. The van der Waals surface area contributed by atoms with Crippen LogP contribution in [0.5, 0.6) is 0 Å². The number of nitrogens with zero attached hydrogens (tertiary/aromatic N) is 2. The molecule has 0 unspecified atom stereocenters. The molecule has 2 amide bonds. The molecule has 0 spiro atoms. The molecule has 0 bridgehead atoms. The second kappa shape index (κ2) is 8.58. The van der Waals surface area contributed by atoms with E-state index in [-0.39, 0.29) is 11.1 Å². The van der Waals surface area contributed by atoms with Gasteiger partial charge in [-0.2, -0.15) is 0 Å². The standard InChI is InChI=1S/C19H23N3O2S/c1-5-22(4)16-10-6-14(7-11-16)18(23)20-15-8-12-17(13-9-15)25-19(24)21(2)3/h6-13H,5H2,1-4H3,(H,20,23). The van der Waals surface area contributed by atoms with E-state index in [0.717, 1.165) is 28.9 Å². The van der Waals surface area contributed by atoms with E-state index in [4.69, 9.17) is 0 Å². The molecule has 0 fully saturated rings. The molecule has 2 aromatic carbocycles. The van der Waals surface area contributed by atoms with Crippen LogP contribution in [0.3, 0.4) is 0 Å². The van der Waals surface area contributed by atoms with Gasteiger partial charge in [0.15, 0.2) is 0 Å². The Balaban J connectivity index is 1.99. The Hall–Kier alpha value is -2.47. The normalized spacial score (nSPS) is 10.2. The summed E-state index contributed by atoms with van der Waals surface area (Å²) in [5.74, 6) is -0.157. The number of carbonyl (C=O) groups is 2. The zero-order chi connectivity index (χ0) is 18.4. The van der Waals surface area contributed by atoms with Crippen molar-refractivity contribution in [3.63, 3.8) is 0 Å². The molecule has 0 saturated carbocycles. The van der Waals surface area contributed by atoms with Crippen molar-refractivity contribution in [3.8, 4) is 0 Å². The Morgan fingerprint density at radius 2 is 1.56 bits per heavy atom. The highest BCUT2D eigenvalue weighted by Gasteiger charge is 2.09. The van der Waals surface area contributed by atoms with Crippen molar-refractivity contribution < 1.29 is 9.59 Å². The van der Waals surface area contributed by atoms with E-state index in [9.17, 15) is 9.59 Å². The van der Waals surface area contributed by atoms with E-state index >= 15 is 0 Å². The van der Waals surface area contributed by atoms with Crippen LogP contribution in [0.25, 0.3) is 0 Å². The predicted molar refractivity (Wildman–Crippen MR) is 105 cm³/mol. The van der Waals surface area contributed by atoms with Crippen molar-refractivity contribution in [2.45, 2.75) is 11.8 Å². The van der Waals surface area contributed by atoms with Gasteiger partial charge < -0.3 is 15.1 Å². The second-order valence-corrected chi connectivity index (χ2v) is 6.83. The zero-order valence-electron chi connectivity index (χ0n) is 14.9. The van der Waals surface area contributed by atoms with E-state index in [1.807, 2.05) is 43.4 Å². The molecule has 0 saturated heterocycles. The third-order valence-corrected chi connectivity index (χ3v) is 4.77. The van der Waals surface area contributed by atoms with Crippen LogP contribution >= 0.6 is 11.8 Å². The van der Waals surface area contributed by atoms with Crippen LogP contribution in [0, 0.1) is 0 Å². The first kappa shape index (κ1) is 18.9. The largest absolute Gasteiger partial charge is 0.375 e. The van der Waals surface area contributed by atoms with Crippen LogP contribution in [0.2, 0.25) is 0 Å². The quantitative estimate of drug-likeness (QED) is 0.816. The van der Waals surface area contributed by atoms with Crippen molar-refractivity contribution in [3.05, 3.63) is 54.1 Å². The molecule has 1 N–H and O–H groups in total. The lowest BCUT2D eigenvalue weighted by atomic mass is 10.2. The fourth-order valence-corrected chi connectivity index (χ4v) is 2.71. The molecule has 5 nitrogen and oxygen atoms in total. The summed E-state index contributed by atoms with van der Waals surface area (Å²) in [6, 6.07) is 14.7. The summed E-state index contributed by atoms with van der Waals surface area (Å²) in [7, 11) is 5.44. The Bertz CT molecular complexity index is 727. The third kappa shape index (κ3) is 5.26. The van der Waals surface area contributed by atoms with Crippen LogP contribution in [-0.4, -0.2) is 43.7 Å². The molecule has 0 aliphatic heterocycles. The molecule has 0 aliphatic rings. The summed E-state index contributed by atoms with van der Waals surface area (Å²) in [6.45, 7) is 2.99. The second-order valence-electron chi connectivity index (χ2n) is 5.80. The molecule has 132 valence electrons. The molecule has 6 heteroatoms. The number of hydrogen-bond acceptors (Lipinski definition) is 4. The molecule has 2 rings (SSSR count). The van der Waals surface area contributed by atoms with E-state index in [1.165, 1.54) is 4.90 Å². The fourth-order valence-electron chi connectivity index (χ4n) is 2.05. The average molecular weight is 357 g/mol. The molecule has 0 aliphatic carbocycles. The highest BCUT2D eigenvalue weighted by molar-refractivity contribution is 8.13. The lowest BCUT2D eigenvalue weighted by Crippen LogP contribution is -2.16. The van der Waals surface area contributed by atoms with E-state index in [1.54, 1.807) is 26.2 Å². The van der Waals surface area contributed by atoms with Crippen molar-refractivity contribution in [1.82, 2.24) is 4.90 Å². The van der Waals surface area contributed by atoms with Gasteiger partial charge in [0.25, 0.3) is 11.1 Å². The molecule has 0 radical (unpaired) electrons. The summed E-state index contributed by atoms with van der Waals surface area (Å²) in [5.41, 5.74) is 2.38. The van der Waals surface area contributed by atoms with Gasteiger partial charge in [0.2, 0.25) is 0 Å². The maximum absolute atomic E-state index is 12.3. The summed E-state index contributed by atoms with van der Waals surface area (Å²) >= 11 is 1.15. The van der Waals surface area contributed by atoms with Gasteiger partial charge in [0.05, 0.1) is 0 Å². The highest BCUT2D eigenvalue weighted by atomic mass is 32.2. The SMILES string of the molecule is CCN(C)c1ccc(C(=O)Nc2ccc(SC(=O)N(C)C)cc2)cc1. The lowest BCUT2D eigenvalue weighted by Gasteiger charge is -2.16. The van der Waals surface area contributed by atoms with Gasteiger partial charge in [-0.3, -0.25) is 9.59 Å². The van der Waals surface area contributed by atoms with Gasteiger partial charge >= 0.3 is 0 Å². The Morgan fingerprint density at radius 1 is 0.960 bits per heavy atom. The van der Waals surface area contributed by atoms with Crippen LogP contribution < -0.4 is 10.2 Å². The summed E-state index contributed by atoms with van der Waals surface area (Å²) in [4.78, 5) is 28.5. The number of amides is 2. The number of carbonyl (C=O) groups excluding carboxylic acids is 2. The van der Waals surface area contributed by atoms with Crippen LogP contribution in [0.15, 0.2) is 53.4 Å². The van der Waals surface area contributed by atoms with Gasteiger partial charge in [-0.05, 0) is 67.2 Å². The average Bonchev–Trinajstić information content (AvgIpc) is 2.62. The van der Waals surface area contributed by atoms with Crippen molar-refractivity contribution in [1.29, 1.82) is 0 Å². The summed E-state index contributed by atoms with van der Waals surface area (Å²) in [5, 5.41) is 2.83. The van der Waals surface area contributed by atoms with Gasteiger partial charge in [0, 0.05) is 49.5 Å². The Morgan fingerprint density at radius 3 is 2.08 bits per heavy atom. The minimum Gasteiger partial charge on any atom is -0.375 e. The number of anilines is 2. The monoisotopic (exact) mass is 357 g/mol. The van der Waals surface area contributed by atoms with Crippen LogP contribution in [0.4, 0.5) is 16.2 Å². The number of rotatable bonds is 5. The van der Waals surface area contributed by atoms with Crippen LogP contribution in [0.1, 0.15) is 17.3 Å². The molecule has 0 heterocycles. The van der Waals surface area contributed by atoms with Crippen molar-refractivity contribution in [2.24, 2.45) is 0 Å². The molecule has 0 aromatic heterocycles. The van der Waals surface area contributed by atoms with Gasteiger partial charge in [-0.25, -0.2) is 0 Å². The number of thioether (sulfide) groups is 1. The maximum atomic E-state index is 12.3. The number of nitrogens with one attached hydrogen (secondary N) is 1. The van der Waals surface area contributed by atoms with Crippen molar-refractivity contribution in [2.75, 3.05) is 37.9 Å². The number of benzene rings is 2. The third-order valence-electron chi connectivity index (χ3n) is 3.73. The van der Waals surface area contributed by atoms with E-state index in [0.29, 0.717) is 11.3 Å². The van der Waals surface area contributed by atoms with E-state index < -0.39 is 0 Å². The van der Waals surface area contributed by atoms with E-state index in [2.05, 4.69) is 17.1 Å². The highest BCUT2D eigenvalue weighted by Crippen LogP contribution is 2.23. The molecule has 25 heavy (non-hydrogen) atoms. The molecule has 0 atom stereocenters. The zero-order valence-corrected chi connectivity index (χ0v) is 15.8. The minimum atomic E-state index is -0.157. The molecular formula is C19H23N3O2S. The fraction of sp³-hybridized carbons (Fsp3) is 0.263. The lowest BCUT2D eigenvalue weighted by molar-refractivity contribution is 0.102. The Labute approximate surface area is 153 Å². The first-order chi connectivity index (χ1) is 11.9. The van der Waals surface area contributed by atoms with Gasteiger partial charge in [-0.15, -0.1) is 0 Å².